The lowest BCUT2D eigenvalue weighted by atomic mass is 10.2. The van der Waals surface area contributed by atoms with Gasteiger partial charge >= 0.3 is 10.2 Å². The topological polar surface area (TPSA) is 82.9 Å². The molecule has 0 aliphatic heterocycles. The minimum absolute atomic E-state index is 0.361. The Balaban J connectivity index is 3.18. The van der Waals surface area contributed by atoms with Gasteiger partial charge in [0.15, 0.2) is 0 Å². The predicted molar refractivity (Wildman–Crippen MR) is 52.0 cm³/mol. The van der Waals surface area contributed by atoms with Crippen molar-refractivity contribution >= 4 is 10.2 Å². The van der Waals surface area contributed by atoms with E-state index in [2.05, 4.69) is 10.0 Å². The molecule has 0 rings (SSSR count). The summed E-state index contributed by atoms with van der Waals surface area (Å²) in [6.07, 6.45) is 3.58. The zero-order valence-corrected chi connectivity index (χ0v) is 8.71. The summed E-state index contributed by atoms with van der Waals surface area (Å²) in [6, 6.07) is 0. The largest absolute Gasteiger partial charge is 0.302 e. The molecule has 0 saturated heterocycles. The highest BCUT2D eigenvalue weighted by Gasteiger charge is 2.04. The van der Waals surface area contributed by atoms with E-state index in [1.54, 1.807) is 0 Å². The first-order valence-corrected chi connectivity index (χ1v) is 6.05. The molecule has 0 atom stereocenters. The van der Waals surface area contributed by atoms with Crippen LogP contribution in [0.2, 0.25) is 0 Å². The van der Waals surface area contributed by atoms with Gasteiger partial charge in [0, 0.05) is 11.5 Å². The molecular weight excluding hydrogens is 209 g/mol. The molecule has 0 aromatic carbocycles. The fourth-order valence-electron chi connectivity index (χ4n) is 1.03. The minimum atomic E-state index is -4.29. The Morgan fingerprint density at radius 2 is 1.71 bits per heavy atom. The van der Waals surface area contributed by atoms with Crippen LogP contribution in [0.4, 0.5) is 3.89 Å². The molecule has 0 amide bonds. The van der Waals surface area contributed by atoms with Crippen LogP contribution in [0.25, 0.3) is 10.4 Å². The highest BCUT2D eigenvalue weighted by atomic mass is 32.3. The molecule has 0 heterocycles. The molecule has 0 fully saturated rings. The summed E-state index contributed by atoms with van der Waals surface area (Å²) in [6.45, 7) is 0.470. The number of unbranched alkanes of at least 4 members (excludes halogenated alkanes) is 4. The monoisotopic (exact) mass is 223 g/mol. The van der Waals surface area contributed by atoms with Crippen molar-refractivity contribution in [1.82, 2.24) is 0 Å². The fraction of sp³-hybridized carbons (Fsp3) is 1.00. The molecule has 0 N–H and O–H groups in total. The third-order valence-electron chi connectivity index (χ3n) is 1.71. The summed E-state index contributed by atoms with van der Waals surface area (Å²) < 4.78 is 32.1. The van der Waals surface area contributed by atoms with Crippen molar-refractivity contribution in [1.29, 1.82) is 0 Å². The minimum Gasteiger partial charge on any atom is -0.195 e. The second kappa shape index (κ2) is 7.58. The van der Waals surface area contributed by atoms with Gasteiger partial charge in [-0.2, -0.15) is 8.42 Å². The van der Waals surface area contributed by atoms with E-state index in [1.165, 1.54) is 0 Å². The van der Waals surface area contributed by atoms with E-state index in [9.17, 15) is 12.3 Å². The van der Waals surface area contributed by atoms with Gasteiger partial charge in [0.05, 0.1) is 5.75 Å². The average Bonchev–Trinajstić information content (AvgIpc) is 2.08. The molecule has 0 aliphatic carbocycles. The lowest BCUT2D eigenvalue weighted by molar-refractivity contribution is 0.544. The molecule has 0 aliphatic rings. The van der Waals surface area contributed by atoms with E-state index in [0.29, 0.717) is 19.4 Å². The van der Waals surface area contributed by atoms with Crippen LogP contribution in [0, 0.1) is 0 Å². The van der Waals surface area contributed by atoms with E-state index in [-0.39, 0.29) is 5.75 Å². The summed E-state index contributed by atoms with van der Waals surface area (Å²) in [4.78, 5) is 2.60. The van der Waals surface area contributed by atoms with Crippen molar-refractivity contribution in [3.05, 3.63) is 10.4 Å². The lowest BCUT2D eigenvalue weighted by Gasteiger charge is -1.97. The van der Waals surface area contributed by atoms with E-state index in [4.69, 9.17) is 5.53 Å². The second-order valence-electron chi connectivity index (χ2n) is 2.97. The normalized spacial score (nSPS) is 10.9. The van der Waals surface area contributed by atoms with Crippen molar-refractivity contribution < 1.29 is 12.3 Å². The van der Waals surface area contributed by atoms with E-state index >= 15 is 0 Å². The molecule has 0 unspecified atom stereocenters. The quantitative estimate of drug-likeness (QED) is 0.208. The molecule has 0 spiro atoms. The maximum absolute atomic E-state index is 12.0. The molecule has 0 aromatic rings. The van der Waals surface area contributed by atoms with Gasteiger partial charge in [0.25, 0.3) is 0 Å². The van der Waals surface area contributed by atoms with Gasteiger partial charge in [-0.05, 0) is 18.4 Å². The Bertz CT molecular complexity index is 285. The highest BCUT2D eigenvalue weighted by molar-refractivity contribution is 7.86. The Labute approximate surface area is 83.1 Å². The standard InChI is InChI=1S/C7H14FN3O2S/c8-14(12,13)7-5-3-1-2-4-6-10-11-9/h1-7H2. The van der Waals surface area contributed by atoms with Crippen LogP contribution in [0.5, 0.6) is 0 Å². The first-order chi connectivity index (χ1) is 6.56. The Morgan fingerprint density at radius 3 is 2.29 bits per heavy atom. The fourth-order valence-corrected chi connectivity index (χ4v) is 1.58. The van der Waals surface area contributed by atoms with Gasteiger partial charge in [0.1, 0.15) is 0 Å². The smallest absolute Gasteiger partial charge is 0.195 e. The van der Waals surface area contributed by atoms with Crippen LogP contribution < -0.4 is 0 Å². The number of nitrogens with zero attached hydrogens (tertiary/aromatic N) is 3. The van der Waals surface area contributed by atoms with Crippen LogP contribution in [0.15, 0.2) is 5.11 Å². The maximum Gasteiger partial charge on any atom is 0.302 e. The summed E-state index contributed by atoms with van der Waals surface area (Å²) in [5.41, 5.74) is 7.95. The number of hydrogen-bond acceptors (Lipinski definition) is 3. The van der Waals surface area contributed by atoms with Gasteiger partial charge in [-0.3, -0.25) is 0 Å². The van der Waals surface area contributed by atoms with E-state index in [0.717, 1.165) is 19.3 Å². The average molecular weight is 223 g/mol. The van der Waals surface area contributed by atoms with Gasteiger partial charge in [0.2, 0.25) is 0 Å². The van der Waals surface area contributed by atoms with Gasteiger partial charge in [-0.1, -0.05) is 24.4 Å². The predicted octanol–water partition coefficient (Wildman–Crippen LogP) is 2.55. The Hall–Kier alpha value is -0.810. The van der Waals surface area contributed by atoms with Crippen LogP contribution in [-0.2, 0) is 10.2 Å². The SMILES string of the molecule is [N-]=[N+]=NCCCCCCCS(=O)(=O)F. The molecular formula is C7H14FN3O2S. The van der Waals surface area contributed by atoms with Crippen LogP contribution in [0.3, 0.4) is 0 Å². The summed E-state index contributed by atoms with van der Waals surface area (Å²) in [5, 5.41) is 3.35. The molecule has 14 heavy (non-hydrogen) atoms. The summed E-state index contributed by atoms with van der Waals surface area (Å²) in [5.74, 6) is -0.386. The first-order valence-electron chi connectivity index (χ1n) is 4.49. The number of azide groups is 1. The lowest BCUT2D eigenvalue weighted by Crippen LogP contribution is -1.97. The van der Waals surface area contributed by atoms with Crippen LogP contribution >= 0.6 is 0 Å². The van der Waals surface area contributed by atoms with Gasteiger partial charge in [-0.25, -0.2) is 0 Å². The first kappa shape index (κ1) is 13.2. The van der Waals surface area contributed by atoms with Crippen molar-refractivity contribution in [2.75, 3.05) is 12.3 Å². The molecule has 0 radical (unpaired) electrons. The van der Waals surface area contributed by atoms with Gasteiger partial charge < -0.3 is 0 Å². The van der Waals surface area contributed by atoms with Gasteiger partial charge in [-0.15, -0.1) is 3.89 Å². The molecule has 82 valence electrons. The zero-order valence-electron chi connectivity index (χ0n) is 7.89. The maximum atomic E-state index is 12.0. The van der Waals surface area contributed by atoms with Crippen molar-refractivity contribution in [3.8, 4) is 0 Å². The van der Waals surface area contributed by atoms with Crippen molar-refractivity contribution in [2.24, 2.45) is 5.11 Å². The number of rotatable bonds is 8. The van der Waals surface area contributed by atoms with Crippen molar-refractivity contribution in [3.63, 3.8) is 0 Å². The third-order valence-corrected chi connectivity index (χ3v) is 2.49. The Morgan fingerprint density at radius 1 is 1.14 bits per heavy atom. The van der Waals surface area contributed by atoms with Crippen LogP contribution in [0.1, 0.15) is 32.1 Å². The van der Waals surface area contributed by atoms with Crippen LogP contribution in [-0.4, -0.2) is 20.7 Å². The number of halogens is 1. The molecule has 0 aromatic heterocycles. The molecule has 0 bridgehead atoms. The number of hydrogen-bond donors (Lipinski definition) is 0. The third kappa shape index (κ3) is 11.2. The second-order valence-corrected chi connectivity index (χ2v) is 4.45. The summed E-state index contributed by atoms with van der Waals surface area (Å²) in [7, 11) is -4.29. The highest BCUT2D eigenvalue weighted by Crippen LogP contribution is 2.05. The molecule has 0 saturated carbocycles. The Kier molecular flexibility index (Phi) is 7.14. The molecule has 5 nitrogen and oxygen atoms in total. The molecule has 7 heteroatoms. The van der Waals surface area contributed by atoms with Crippen molar-refractivity contribution in [2.45, 2.75) is 32.1 Å². The zero-order chi connectivity index (χ0) is 10.9. The summed E-state index contributed by atoms with van der Waals surface area (Å²) >= 11 is 0. The van der Waals surface area contributed by atoms with E-state index < -0.39 is 10.2 Å². The van der Waals surface area contributed by atoms with E-state index in [1.807, 2.05) is 0 Å².